The topological polar surface area (TPSA) is 25.8 Å². The van der Waals surface area contributed by atoms with Gasteiger partial charge in [-0.15, -0.1) is 11.6 Å². The Morgan fingerprint density at radius 2 is 2.07 bits per heavy atom. The maximum Gasteiger partial charge on any atom is 0.0587 e. The molecule has 2 nitrogen and oxygen atoms in total. The van der Waals surface area contributed by atoms with Crippen LogP contribution in [0, 0.1) is 5.41 Å². The van der Waals surface area contributed by atoms with Gasteiger partial charge in [0.15, 0.2) is 0 Å². The SMILES string of the molecule is CC(C)(C)C(Cl)CCc1cnccn1. The highest BCUT2D eigenvalue weighted by Crippen LogP contribution is 2.27. The lowest BCUT2D eigenvalue weighted by Crippen LogP contribution is -2.21. The minimum Gasteiger partial charge on any atom is -0.261 e. The van der Waals surface area contributed by atoms with Crippen molar-refractivity contribution >= 4 is 11.6 Å². The Balaban J connectivity index is 2.42. The Morgan fingerprint density at radius 1 is 1.36 bits per heavy atom. The van der Waals surface area contributed by atoms with Gasteiger partial charge in [0.1, 0.15) is 0 Å². The summed E-state index contributed by atoms with van der Waals surface area (Å²) < 4.78 is 0. The van der Waals surface area contributed by atoms with Gasteiger partial charge in [-0.25, -0.2) is 0 Å². The molecule has 0 radical (unpaired) electrons. The van der Waals surface area contributed by atoms with Crippen LogP contribution in [0.5, 0.6) is 0 Å². The van der Waals surface area contributed by atoms with E-state index in [0.717, 1.165) is 18.5 Å². The normalized spacial score (nSPS) is 14.0. The second-order valence-corrected chi connectivity index (χ2v) is 5.10. The summed E-state index contributed by atoms with van der Waals surface area (Å²) in [4.78, 5) is 8.23. The van der Waals surface area contributed by atoms with Crippen LogP contribution in [0.25, 0.3) is 0 Å². The molecule has 1 rings (SSSR count). The molecule has 0 aliphatic rings. The summed E-state index contributed by atoms with van der Waals surface area (Å²) in [6, 6.07) is 0. The van der Waals surface area contributed by atoms with Gasteiger partial charge in [-0.1, -0.05) is 20.8 Å². The smallest absolute Gasteiger partial charge is 0.0587 e. The van der Waals surface area contributed by atoms with Gasteiger partial charge in [0.05, 0.1) is 5.69 Å². The third-order valence-electron chi connectivity index (χ3n) is 2.21. The molecule has 0 saturated heterocycles. The highest BCUT2D eigenvalue weighted by molar-refractivity contribution is 6.21. The summed E-state index contributed by atoms with van der Waals surface area (Å²) in [5, 5.41) is 0.185. The van der Waals surface area contributed by atoms with Crippen LogP contribution in [0.15, 0.2) is 18.6 Å². The van der Waals surface area contributed by atoms with Gasteiger partial charge < -0.3 is 0 Å². The Bertz CT molecular complexity index is 266. The standard InChI is InChI=1S/C11H17ClN2/c1-11(2,3)10(12)5-4-9-8-13-6-7-14-9/h6-8,10H,4-5H2,1-3H3. The zero-order valence-electron chi connectivity index (χ0n) is 9.00. The lowest BCUT2D eigenvalue weighted by molar-refractivity contribution is 0.373. The van der Waals surface area contributed by atoms with Crippen LogP contribution in [-0.4, -0.2) is 15.3 Å². The Hall–Kier alpha value is -0.630. The molecule has 0 aromatic carbocycles. The number of hydrogen-bond acceptors (Lipinski definition) is 2. The first-order chi connectivity index (χ1) is 6.50. The van der Waals surface area contributed by atoms with Gasteiger partial charge in [0.25, 0.3) is 0 Å². The van der Waals surface area contributed by atoms with Gasteiger partial charge >= 0.3 is 0 Å². The van der Waals surface area contributed by atoms with Crippen molar-refractivity contribution in [3.8, 4) is 0 Å². The van der Waals surface area contributed by atoms with Crippen LogP contribution >= 0.6 is 11.6 Å². The van der Waals surface area contributed by atoms with Crippen LogP contribution in [0.4, 0.5) is 0 Å². The molecule has 0 saturated carbocycles. The van der Waals surface area contributed by atoms with E-state index in [2.05, 4.69) is 30.7 Å². The van der Waals surface area contributed by atoms with Crippen molar-refractivity contribution in [3.63, 3.8) is 0 Å². The number of aryl methyl sites for hydroxylation is 1. The molecule has 0 spiro atoms. The first-order valence-electron chi connectivity index (χ1n) is 4.89. The molecule has 0 bridgehead atoms. The van der Waals surface area contributed by atoms with Crippen LogP contribution in [0.3, 0.4) is 0 Å². The molecule has 0 fully saturated rings. The predicted molar refractivity (Wildman–Crippen MR) is 59.4 cm³/mol. The van der Waals surface area contributed by atoms with Crippen molar-refractivity contribution in [2.24, 2.45) is 5.41 Å². The maximum absolute atomic E-state index is 6.26. The van der Waals surface area contributed by atoms with Gasteiger partial charge in [-0.2, -0.15) is 0 Å². The third-order valence-corrected chi connectivity index (χ3v) is 3.08. The molecule has 0 N–H and O–H groups in total. The summed E-state index contributed by atoms with van der Waals surface area (Å²) in [7, 11) is 0. The van der Waals surface area contributed by atoms with E-state index in [-0.39, 0.29) is 10.8 Å². The average Bonchev–Trinajstić information content (AvgIpc) is 2.14. The fourth-order valence-electron chi connectivity index (χ4n) is 1.17. The summed E-state index contributed by atoms with van der Waals surface area (Å²) >= 11 is 6.26. The lowest BCUT2D eigenvalue weighted by atomic mass is 9.89. The molecule has 3 heteroatoms. The van der Waals surface area contributed by atoms with Crippen molar-refractivity contribution in [3.05, 3.63) is 24.3 Å². The minimum absolute atomic E-state index is 0.157. The molecule has 0 aliphatic heterocycles. The molecular weight excluding hydrogens is 196 g/mol. The number of rotatable bonds is 3. The largest absolute Gasteiger partial charge is 0.261 e. The zero-order valence-corrected chi connectivity index (χ0v) is 9.75. The molecule has 0 amide bonds. The fraction of sp³-hybridized carbons (Fsp3) is 0.636. The third kappa shape index (κ3) is 3.62. The Labute approximate surface area is 90.7 Å². The van der Waals surface area contributed by atoms with E-state index >= 15 is 0 Å². The van der Waals surface area contributed by atoms with Gasteiger partial charge in [0.2, 0.25) is 0 Å². The number of halogens is 1. The number of alkyl halides is 1. The summed E-state index contributed by atoms with van der Waals surface area (Å²) in [5.74, 6) is 0. The van der Waals surface area contributed by atoms with Crippen LogP contribution in [-0.2, 0) is 6.42 Å². The number of hydrogen-bond donors (Lipinski definition) is 0. The fourth-order valence-corrected chi connectivity index (χ4v) is 1.28. The molecular formula is C11H17ClN2. The number of nitrogens with zero attached hydrogens (tertiary/aromatic N) is 2. The average molecular weight is 213 g/mol. The van der Waals surface area contributed by atoms with E-state index in [9.17, 15) is 0 Å². The highest BCUT2D eigenvalue weighted by atomic mass is 35.5. The summed E-state index contributed by atoms with van der Waals surface area (Å²) in [6.45, 7) is 6.46. The van der Waals surface area contributed by atoms with E-state index in [0.29, 0.717) is 0 Å². The summed E-state index contributed by atoms with van der Waals surface area (Å²) in [6.07, 6.45) is 7.05. The first kappa shape index (κ1) is 11.4. The number of aromatic nitrogens is 2. The maximum atomic E-state index is 6.26. The van der Waals surface area contributed by atoms with E-state index in [4.69, 9.17) is 11.6 Å². The van der Waals surface area contributed by atoms with Crippen LogP contribution in [0.2, 0.25) is 0 Å². The van der Waals surface area contributed by atoms with Gasteiger partial charge in [0, 0.05) is 24.0 Å². The second-order valence-electron chi connectivity index (χ2n) is 4.57. The van der Waals surface area contributed by atoms with Crippen LogP contribution < -0.4 is 0 Å². The van der Waals surface area contributed by atoms with E-state index in [1.54, 1.807) is 18.6 Å². The molecule has 1 atom stereocenters. The Morgan fingerprint density at radius 3 is 2.57 bits per heavy atom. The van der Waals surface area contributed by atoms with E-state index in [1.807, 2.05) is 0 Å². The quantitative estimate of drug-likeness (QED) is 0.720. The highest BCUT2D eigenvalue weighted by Gasteiger charge is 2.21. The summed E-state index contributed by atoms with van der Waals surface area (Å²) in [5.41, 5.74) is 1.17. The monoisotopic (exact) mass is 212 g/mol. The molecule has 1 aromatic rings. The minimum atomic E-state index is 0.157. The molecule has 14 heavy (non-hydrogen) atoms. The predicted octanol–water partition coefficient (Wildman–Crippen LogP) is 3.06. The first-order valence-corrected chi connectivity index (χ1v) is 5.33. The Kier molecular flexibility index (Phi) is 3.87. The van der Waals surface area contributed by atoms with Gasteiger partial charge in [-0.3, -0.25) is 9.97 Å². The molecule has 1 aromatic heterocycles. The second kappa shape index (κ2) is 4.74. The molecule has 1 unspecified atom stereocenters. The van der Waals surface area contributed by atoms with Crippen molar-refractivity contribution < 1.29 is 0 Å². The molecule has 78 valence electrons. The zero-order chi connectivity index (χ0) is 10.6. The van der Waals surface area contributed by atoms with Crippen molar-refractivity contribution in [2.45, 2.75) is 39.0 Å². The molecule has 0 aliphatic carbocycles. The van der Waals surface area contributed by atoms with E-state index < -0.39 is 0 Å². The van der Waals surface area contributed by atoms with Crippen LogP contribution in [0.1, 0.15) is 32.9 Å². The van der Waals surface area contributed by atoms with Crippen molar-refractivity contribution in [2.75, 3.05) is 0 Å². The van der Waals surface area contributed by atoms with Gasteiger partial charge in [-0.05, 0) is 18.3 Å². The lowest BCUT2D eigenvalue weighted by Gasteiger charge is -2.24. The van der Waals surface area contributed by atoms with Crippen molar-refractivity contribution in [1.82, 2.24) is 9.97 Å². The van der Waals surface area contributed by atoms with E-state index in [1.165, 1.54) is 0 Å². The van der Waals surface area contributed by atoms with Crippen molar-refractivity contribution in [1.29, 1.82) is 0 Å². The molecule has 1 heterocycles.